The highest BCUT2D eigenvalue weighted by Gasteiger charge is 2.57. The number of guanidine groups is 1. The molecule has 1 unspecified atom stereocenters. The molecule has 1 aromatic carbocycles. The number of nitrogens with one attached hydrogen (secondary N) is 1. The van der Waals surface area contributed by atoms with Gasteiger partial charge in [-0.1, -0.05) is 20.8 Å². The SMILES string of the molecule is CCC1(CC)CC(=O)N(C[C@@]2(C)CC2C(=O)N[C@H]2CC(C)(C)Oc3ccc(F)cc32)C(N)=N1. The smallest absolute Gasteiger partial charge is 0.231 e. The summed E-state index contributed by atoms with van der Waals surface area (Å²) in [6.45, 7) is 10.3. The summed E-state index contributed by atoms with van der Waals surface area (Å²) in [5.41, 5.74) is 5.59. The van der Waals surface area contributed by atoms with Crippen LogP contribution in [0.25, 0.3) is 0 Å². The molecule has 1 aromatic rings. The lowest BCUT2D eigenvalue weighted by Crippen LogP contribution is -2.53. The van der Waals surface area contributed by atoms with Crippen LogP contribution >= 0.6 is 0 Å². The van der Waals surface area contributed by atoms with Crippen molar-refractivity contribution in [2.75, 3.05) is 6.54 Å². The standard InChI is InChI=1S/C25H35FN4O3/c1-6-25(7-2)13-20(31)30(22(27)29-25)14-24(5)11-17(24)21(32)28-18-12-23(3,4)33-19-9-8-15(26)10-16(18)19/h8-10,17-18H,6-7,11-14H2,1-5H3,(H2,27,29)(H,28,32)/t17?,18-,24+/m0/s1. The monoisotopic (exact) mass is 458 g/mol. The number of carbonyl (C=O) groups is 2. The Morgan fingerprint density at radius 3 is 2.61 bits per heavy atom. The van der Waals surface area contributed by atoms with Crippen LogP contribution in [-0.4, -0.2) is 40.4 Å². The first-order chi connectivity index (χ1) is 15.4. The molecule has 1 aliphatic carbocycles. The first kappa shape index (κ1) is 23.5. The number of nitrogens with two attached hydrogens (primary N) is 1. The van der Waals surface area contributed by atoms with Gasteiger partial charge in [0.1, 0.15) is 17.2 Å². The van der Waals surface area contributed by atoms with Crippen molar-refractivity contribution >= 4 is 17.8 Å². The molecule has 8 heteroatoms. The van der Waals surface area contributed by atoms with Gasteiger partial charge in [-0.15, -0.1) is 0 Å². The summed E-state index contributed by atoms with van der Waals surface area (Å²) < 4.78 is 19.9. The van der Waals surface area contributed by atoms with Gasteiger partial charge in [0.15, 0.2) is 5.96 Å². The molecule has 1 fully saturated rings. The Bertz CT molecular complexity index is 1000. The Morgan fingerprint density at radius 1 is 1.27 bits per heavy atom. The third kappa shape index (κ3) is 4.44. The van der Waals surface area contributed by atoms with Crippen molar-refractivity contribution in [3.8, 4) is 5.75 Å². The molecule has 0 radical (unpaired) electrons. The quantitative estimate of drug-likeness (QED) is 0.680. The highest BCUT2D eigenvalue weighted by Crippen LogP contribution is 2.53. The minimum Gasteiger partial charge on any atom is -0.487 e. The molecule has 2 heterocycles. The van der Waals surface area contributed by atoms with Crippen molar-refractivity contribution in [3.05, 3.63) is 29.6 Å². The molecule has 0 aromatic heterocycles. The predicted molar refractivity (Wildman–Crippen MR) is 124 cm³/mol. The minimum absolute atomic E-state index is 0.0333. The molecule has 0 spiro atoms. The van der Waals surface area contributed by atoms with Crippen LogP contribution in [0.5, 0.6) is 5.75 Å². The maximum absolute atomic E-state index is 13.9. The third-order valence-corrected chi connectivity index (χ3v) is 7.66. The number of amides is 2. The first-order valence-electron chi connectivity index (χ1n) is 11.9. The number of ether oxygens (including phenoxy) is 1. The van der Waals surface area contributed by atoms with Crippen molar-refractivity contribution in [1.82, 2.24) is 10.2 Å². The Balaban J connectivity index is 1.46. The van der Waals surface area contributed by atoms with Crippen LogP contribution in [-0.2, 0) is 9.59 Å². The molecule has 4 rings (SSSR count). The molecule has 0 bridgehead atoms. The lowest BCUT2D eigenvalue weighted by molar-refractivity contribution is -0.131. The number of aliphatic imine (C=N–C) groups is 1. The minimum atomic E-state index is -0.480. The van der Waals surface area contributed by atoms with E-state index in [0.29, 0.717) is 37.1 Å². The van der Waals surface area contributed by atoms with E-state index in [2.05, 4.69) is 10.3 Å². The number of carbonyl (C=O) groups excluding carboxylic acids is 2. The van der Waals surface area contributed by atoms with E-state index in [1.54, 1.807) is 11.0 Å². The van der Waals surface area contributed by atoms with Gasteiger partial charge in [-0.3, -0.25) is 14.5 Å². The zero-order chi connectivity index (χ0) is 24.2. The van der Waals surface area contributed by atoms with Crippen LogP contribution < -0.4 is 15.8 Å². The molecule has 3 N–H and O–H groups in total. The Morgan fingerprint density at radius 2 is 1.97 bits per heavy atom. The average molecular weight is 459 g/mol. The van der Waals surface area contributed by atoms with Crippen molar-refractivity contribution in [1.29, 1.82) is 0 Å². The summed E-state index contributed by atoms with van der Waals surface area (Å²) in [5, 5.41) is 3.12. The summed E-state index contributed by atoms with van der Waals surface area (Å²) in [6, 6.07) is 4.07. The van der Waals surface area contributed by atoms with Crippen LogP contribution in [0.1, 0.15) is 78.3 Å². The summed E-state index contributed by atoms with van der Waals surface area (Å²) in [5.74, 6) is 0.111. The Hall–Kier alpha value is -2.64. The van der Waals surface area contributed by atoms with E-state index in [0.717, 1.165) is 12.8 Å². The van der Waals surface area contributed by atoms with Gasteiger partial charge in [-0.05, 0) is 56.7 Å². The number of hydrogen-bond acceptors (Lipinski definition) is 5. The molecule has 1 saturated carbocycles. The lowest BCUT2D eigenvalue weighted by atomic mass is 9.87. The fourth-order valence-corrected chi connectivity index (χ4v) is 5.25. The van der Waals surface area contributed by atoms with Crippen LogP contribution in [0.15, 0.2) is 23.2 Å². The molecule has 180 valence electrons. The second kappa shape index (κ2) is 7.99. The molecule has 2 amide bonds. The fraction of sp³-hybridized carbons (Fsp3) is 0.640. The number of nitrogens with zero attached hydrogens (tertiary/aromatic N) is 2. The lowest BCUT2D eigenvalue weighted by Gasteiger charge is -2.38. The van der Waals surface area contributed by atoms with Gasteiger partial charge in [0.05, 0.1) is 18.0 Å². The van der Waals surface area contributed by atoms with Gasteiger partial charge in [-0.25, -0.2) is 9.38 Å². The van der Waals surface area contributed by atoms with Crippen LogP contribution in [0.3, 0.4) is 0 Å². The summed E-state index contributed by atoms with van der Waals surface area (Å²) in [6.07, 6.45) is 3.06. The highest BCUT2D eigenvalue weighted by atomic mass is 19.1. The maximum atomic E-state index is 13.9. The van der Waals surface area contributed by atoms with E-state index >= 15 is 0 Å². The van der Waals surface area contributed by atoms with Gasteiger partial charge in [0, 0.05) is 24.4 Å². The molecule has 0 saturated heterocycles. The van der Waals surface area contributed by atoms with E-state index in [1.165, 1.54) is 12.1 Å². The zero-order valence-electron chi connectivity index (χ0n) is 20.2. The van der Waals surface area contributed by atoms with Crippen molar-refractivity contribution in [3.63, 3.8) is 0 Å². The van der Waals surface area contributed by atoms with E-state index in [4.69, 9.17) is 10.5 Å². The van der Waals surface area contributed by atoms with Gasteiger partial charge < -0.3 is 15.8 Å². The van der Waals surface area contributed by atoms with Crippen molar-refractivity contribution in [2.45, 2.75) is 83.9 Å². The topological polar surface area (TPSA) is 97.0 Å². The summed E-state index contributed by atoms with van der Waals surface area (Å²) in [7, 11) is 0. The van der Waals surface area contributed by atoms with Crippen LogP contribution in [0, 0.1) is 17.2 Å². The predicted octanol–water partition coefficient (Wildman–Crippen LogP) is 3.68. The molecular weight excluding hydrogens is 423 g/mol. The summed E-state index contributed by atoms with van der Waals surface area (Å²) >= 11 is 0. The Labute approximate surface area is 194 Å². The molecule has 33 heavy (non-hydrogen) atoms. The maximum Gasteiger partial charge on any atom is 0.231 e. The second-order valence-electron chi connectivity index (χ2n) is 10.8. The highest BCUT2D eigenvalue weighted by molar-refractivity contribution is 5.99. The van der Waals surface area contributed by atoms with Gasteiger partial charge in [0.2, 0.25) is 11.8 Å². The molecule has 3 atom stereocenters. The molecule has 2 aliphatic heterocycles. The first-order valence-corrected chi connectivity index (χ1v) is 11.9. The van der Waals surface area contributed by atoms with Crippen molar-refractivity contribution in [2.24, 2.45) is 22.1 Å². The zero-order valence-corrected chi connectivity index (χ0v) is 20.2. The van der Waals surface area contributed by atoms with Crippen molar-refractivity contribution < 1.29 is 18.7 Å². The number of benzene rings is 1. The number of fused-ring (bicyclic) bond motifs is 1. The molecule has 3 aliphatic rings. The van der Waals surface area contributed by atoms with E-state index in [1.807, 2.05) is 34.6 Å². The Kier molecular flexibility index (Phi) is 5.69. The second-order valence-corrected chi connectivity index (χ2v) is 10.8. The van der Waals surface area contributed by atoms with E-state index in [9.17, 15) is 14.0 Å². The number of rotatable bonds is 6. The fourth-order valence-electron chi connectivity index (χ4n) is 5.25. The number of hydrogen-bond donors (Lipinski definition) is 2. The van der Waals surface area contributed by atoms with Crippen LogP contribution in [0.4, 0.5) is 4.39 Å². The normalized spacial score (nSPS) is 29.6. The van der Waals surface area contributed by atoms with Gasteiger partial charge >= 0.3 is 0 Å². The summed E-state index contributed by atoms with van der Waals surface area (Å²) in [4.78, 5) is 32.3. The largest absolute Gasteiger partial charge is 0.487 e. The van der Waals surface area contributed by atoms with Gasteiger partial charge in [0.25, 0.3) is 0 Å². The van der Waals surface area contributed by atoms with E-state index < -0.39 is 11.1 Å². The average Bonchev–Trinajstić information content (AvgIpc) is 3.42. The van der Waals surface area contributed by atoms with E-state index in [-0.39, 0.29) is 41.0 Å². The van der Waals surface area contributed by atoms with Crippen LogP contribution in [0.2, 0.25) is 0 Å². The third-order valence-electron chi connectivity index (χ3n) is 7.66. The molecular formula is C25H35FN4O3. The van der Waals surface area contributed by atoms with Gasteiger partial charge in [-0.2, -0.15) is 0 Å². The number of halogens is 1. The molecule has 7 nitrogen and oxygen atoms in total.